The number of nitrogens with one attached hydrogen (secondary N) is 1. The Kier molecular flexibility index (Phi) is 7.35. The van der Waals surface area contributed by atoms with Gasteiger partial charge < -0.3 is 21.0 Å². The summed E-state index contributed by atoms with van der Waals surface area (Å²) < 4.78 is 5.35. The molecule has 0 fully saturated rings. The first-order valence-electron chi connectivity index (χ1n) is 6.22. The van der Waals surface area contributed by atoms with Gasteiger partial charge in [0.25, 0.3) is 0 Å². The van der Waals surface area contributed by atoms with Crippen molar-refractivity contribution in [2.24, 2.45) is 22.2 Å². The van der Waals surface area contributed by atoms with Crippen molar-refractivity contribution in [2.45, 2.75) is 34.1 Å². The van der Waals surface area contributed by atoms with Crippen LogP contribution in [0.1, 0.15) is 34.1 Å². The number of carbonyl (C=O) groups is 1. The summed E-state index contributed by atoms with van der Waals surface area (Å²) in [6.45, 7) is 9.12. The average Bonchev–Trinajstić information content (AvgIpc) is 2.35. The molecular weight excluding hydrogens is 234 g/mol. The molecule has 0 bridgehead atoms. The molecule has 0 spiro atoms. The van der Waals surface area contributed by atoms with Crippen LogP contribution in [0.3, 0.4) is 0 Å². The van der Waals surface area contributed by atoms with Gasteiger partial charge in [-0.3, -0.25) is 4.79 Å². The SMILES string of the molecule is CCC(C)(C(=O)NCCOCC(C)C)C(N)=NO. The maximum atomic E-state index is 12.0. The Bertz CT molecular complexity index is 292. The maximum Gasteiger partial charge on any atom is 0.233 e. The molecule has 4 N–H and O–H groups in total. The molecule has 0 saturated carbocycles. The Hall–Kier alpha value is -1.30. The van der Waals surface area contributed by atoms with E-state index in [1.807, 2.05) is 6.92 Å². The fourth-order valence-electron chi connectivity index (χ4n) is 1.32. The summed E-state index contributed by atoms with van der Waals surface area (Å²) >= 11 is 0. The summed E-state index contributed by atoms with van der Waals surface area (Å²) in [5.74, 6) is 0.137. The number of nitrogens with zero attached hydrogens (tertiary/aromatic N) is 1. The lowest BCUT2D eigenvalue weighted by Crippen LogP contribution is -2.48. The lowest BCUT2D eigenvalue weighted by Gasteiger charge is -2.25. The minimum absolute atomic E-state index is 0.0781. The van der Waals surface area contributed by atoms with E-state index in [4.69, 9.17) is 15.7 Å². The van der Waals surface area contributed by atoms with Gasteiger partial charge in [0.1, 0.15) is 5.41 Å². The Morgan fingerprint density at radius 2 is 2.17 bits per heavy atom. The van der Waals surface area contributed by atoms with Gasteiger partial charge in [-0.15, -0.1) is 0 Å². The molecule has 0 aromatic rings. The molecule has 1 amide bonds. The molecule has 0 aliphatic heterocycles. The van der Waals surface area contributed by atoms with Crippen molar-refractivity contribution in [2.75, 3.05) is 19.8 Å². The smallest absolute Gasteiger partial charge is 0.233 e. The Balaban J connectivity index is 4.15. The molecule has 0 rings (SSSR count). The number of amidine groups is 1. The van der Waals surface area contributed by atoms with Crippen LogP contribution in [0.2, 0.25) is 0 Å². The first-order valence-corrected chi connectivity index (χ1v) is 6.22. The molecule has 0 aromatic carbocycles. The number of oxime groups is 1. The molecular formula is C12H25N3O3. The first-order chi connectivity index (χ1) is 8.38. The Labute approximate surface area is 109 Å². The number of carbonyl (C=O) groups excluding carboxylic acids is 1. The quantitative estimate of drug-likeness (QED) is 0.199. The molecule has 6 heteroatoms. The highest BCUT2D eigenvalue weighted by Gasteiger charge is 2.35. The Morgan fingerprint density at radius 3 is 2.61 bits per heavy atom. The number of ether oxygens (including phenoxy) is 1. The van der Waals surface area contributed by atoms with Crippen LogP contribution in [0.25, 0.3) is 0 Å². The number of amides is 1. The predicted octanol–water partition coefficient (Wildman–Crippen LogP) is 0.938. The second kappa shape index (κ2) is 7.92. The highest BCUT2D eigenvalue weighted by molar-refractivity contribution is 6.06. The van der Waals surface area contributed by atoms with Gasteiger partial charge in [0, 0.05) is 13.2 Å². The molecule has 0 saturated heterocycles. The molecule has 18 heavy (non-hydrogen) atoms. The Morgan fingerprint density at radius 1 is 1.56 bits per heavy atom. The minimum Gasteiger partial charge on any atom is -0.409 e. The van der Waals surface area contributed by atoms with E-state index in [9.17, 15) is 4.79 Å². The average molecular weight is 259 g/mol. The zero-order chi connectivity index (χ0) is 14.2. The van der Waals surface area contributed by atoms with Crippen molar-refractivity contribution in [3.63, 3.8) is 0 Å². The molecule has 6 nitrogen and oxygen atoms in total. The van der Waals surface area contributed by atoms with Crippen LogP contribution < -0.4 is 11.1 Å². The molecule has 0 radical (unpaired) electrons. The number of nitrogens with two attached hydrogens (primary N) is 1. The van der Waals surface area contributed by atoms with E-state index in [-0.39, 0.29) is 11.7 Å². The van der Waals surface area contributed by atoms with E-state index in [1.165, 1.54) is 0 Å². The lowest BCUT2D eigenvalue weighted by atomic mass is 9.85. The standard InChI is InChI=1S/C12H25N3O3/c1-5-12(4,10(13)15-17)11(16)14-6-7-18-8-9(2)3/h9,17H,5-8H2,1-4H3,(H2,13,15)(H,14,16). The monoisotopic (exact) mass is 259 g/mol. The molecule has 1 unspecified atom stereocenters. The summed E-state index contributed by atoms with van der Waals surface area (Å²) in [7, 11) is 0. The predicted molar refractivity (Wildman–Crippen MR) is 70.5 cm³/mol. The molecule has 1 atom stereocenters. The normalized spacial score (nSPS) is 15.5. The van der Waals surface area contributed by atoms with E-state index >= 15 is 0 Å². The third-order valence-corrected chi connectivity index (χ3v) is 2.86. The fourth-order valence-corrected chi connectivity index (χ4v) is 1.32. The molecule has 0 heterocycles. The van der Waals surface area contributed by atoms with E-state index in [2.05, 4.69) is 24.3 Å². The van der Waals surface area contributed by atoms with Crippen LogP contribution in [-0.2, 0) is 9.53 Å². The van der Waals surface area contributed by atoms with Crippen LogP contribution in [-0.4, -0.2) is 36.7 Å². The van der Waals surface area contributed by atoms with Crippen LogP contribution in [0.4, 0.5) is 0 Å². The van der Waals surface area contributed by atoms with Gasteiger partial charge in [-0.2, -0.15) is 0 Å². The van der Waals surface area contributed by atoms with Crippen molar-refractivity contribution in [1.29, 1.82) is 0 Å². The fraction of sp³-hybridized carbons (Fsp3) is 0.833. The maximum absolute atomic E-state index is 12.0. The number of hydrogen-bond acceptors (Lipinski definition) is 4. The summed E-state index contributed by atoms with van der Waals surface area (Å²) in [6, 6.07) is 0. The van der Waals surface area contributed by atoms with Gasteiger partial charge in [0.15, 0.2) is 5.84 Å². The summed E-state index contributed by atoms with van der Waals surface area (Å²) in [5.41, 5.74) is 4.56. The van der Waals surface area contributed by atoms with Crippen molar-refractivity contribution in [3.8, 4) is 0 Å². The summed E-state index contributed by atoms with van der Waals surface area (Å²) in [4.78, 5) is 12.0. The van der Waals surface area contributed by atoms with Gasteiger partial charge in [-0.25, -0.2) is 0 Å². The van der Waals surface area contributed by atoms with Gasteiger partial charge in [0.05, 0.1) is 6.61 Å². The van der Waals surface area contributed by atoms with E-state index in [1.54, 1.807) is 6.92 Å². The van der Waals surface area contributed by atoms with Gasteiger partial charge in [0.2, 0.25) is 5.91 Å². The highest BCUT2D eigenvalue weighted by Crippen LogP contribution is 2.21. The van der Waals surface area contributed by atoms with Crippen LogP contribution >= 0.6 is 0 Å². The summed E-state index contributed by atoms with van der Waals surface area (Å²) in [6.07, 6.45) is 0.460. The first kappa shape index (κ1) is 16.7. The number of rotatable bonds is 8. The van der Waals surface area contributed by atoms with Crippen LogP contribution in [0, 0.1) is 11.3 Å². The van der Waals surface area contributed by atoms with Gasteiger partial charge in [-0.05, 0) is 19.3 Å². The largest absolute Gasteiger partial charge is 0.409 e. The third-order valence-electron chi connectivity index (χ3n) is 2.86. The minimum atomic E-state index is -0.979. The van der Waals surface area contributed by atoms with Crippen LogP contribution in [0.15, 0.2) is 5.16 Å². The number of hydrogen-bond donors (Lipinski definition) is 3. The zero-order valence-corrected chi connectivity index (χ0v) is 11.7. The third kappa shape index (κ3) is 4.91. The second-order valence-electron chi connectivity index (χ2n) is 4.90. The van der Waals surface area contributed by atoms with Crippen molar-refractivity contribution in [1.82, 2.24) is 5.32 Å². The van der Waals surface area contributed by atoms with Crippen molar-refractivity contribution >= 4 is 11.7 Å². The van der Waals surface area contributed by atoms with Gasteiger partial charge >= 0.3 is 0 Å². The topological polar surface area (TPSA) is 96.9 Å². The molecule has 0 aromatic heterocycles. The zero-order valence-electron chi connectivity index (χ0n) is 11.7. The van der Waals surface area contributed by atoms with E-state index < -0.39 is 5.41 Å². The van der Waals surface area contributed by atoms with Crippen LogP contribution in [0.5, 0.6) is 0 Å². The van der Waals surface area contributed by atoms with E-state index in [0.717, 1.165) is 0 Å². The van der Waals surface area contributed by atoms with Gasteiger partial charge in [-0.1, -0.05) is 25.9 Å². The molecule has 106 valence electrons. The second-order valence-corrected chi connectivity index (χ2v) is 4.90. The lowest BCUT2D eigenvalue weighted by molar-refractivity contribution is -0.127. The van der Waals surface area contributed by atoms with Crippen molar-refractivity contribution < 1.29 is 14.7 Å². The molecule has 0 aliphatic carbocycles. The van der Waals surface area contributed by atoms with Crippen molar-refractivity contribution in [3.05, 3.63) is 0 Å². The summed E-state index contributed by atoms with van der Waals surface area (Å²) in [5, 5.41) is 14.3. The highest BCUT2D eigenvalue weighted by atomic mass is 16.5. The molecule has 0 aliphatic rings. The van der Waals surface area contributed by atoms with E-state index in [0.29, 0.717) is 32.1 Å².